The van der Waals surface area contributed by atoms with Gasteiger partial charge in [-0.05, 0) is 35.0 Å². The highest BCUT2D eigenvalue weighted by Gasteiger charge is 2.19. The molecule has 2 heterocycles. The zero-order valence-corrected chi connectivity index (χ0v) is 14.4. The molecule has 112 valence electrons. The Labute approximate surface area is 143 Å². The van der Waals surface area contributed by atoms with E-state index in [2.05, 4.69) is 20.9 Å². The normalized spacial score (nSPS) is 10.9. The Morgan fingerprint density at radius 2 is 2.00 bits per heavy atom. The SMILES string of the molecule is Cc1oc(=O)c(-c2csc(-c3ccc(Cl)cc3)n2)c(O)c1Br. The number of thiazole rings is 1. The average molecular weight is 399 g/mol. The summed E-state index contributed by atoms with van der Waals surface area (Å²) in [5.41, 5.74) is 0.692. The number of nitrogens with zero attached hydrogens (tertiary/aromatic N) is 1. The second-order valence-corrected chi connectivity index (χ2v) is 6.62. The Morgan fingerprint density at radius 1 is 1.32 bits per heavy atom. The number of benzene rings is 1. The molecular weight excluding hydrogens is 390 g/mol. The first-order valence-electron chi connectivity index (χ1n) is 6.21. The standard InChI is InChI=1S/C15H9BrClNO3S/c1-7-12(16)13(19)11(15(20)21-7)10-6-22-14(18-10)8-2-4-9(17)5-3-8/h2-6,19H,1H3. The van der Waals surface area contributed by atoms with Gasteiger partial charge in [0, 0.05) is 16.0 Å². The summed E-state index contributed by atoms with van der Waals surface area (Å²) in [5, 5.41) is 13.2. The third-order valence-corrected chi connectivity index (χ3v) is 5.13. The molecule has 1 aromatic carbocycles. The molecule has 0 saturated heterocycles. The van der Waals surface area contributed by atoms with Crippen LogP contribution in [0.15, 0.2) is 43.3 Å². The monoisotopic (exact) mass is 397 g/mol. The van der Waals surface area contributed by atoms with Crippen LogP contribution in [0, 0.1) is 6.92 Å². The van der Waals surface area contributed by atoms with Crippen LogP contribution in [0.1, 0.15) is 5.76 Å². The van der Waals surface area contributed by atoms with E-state index in [1.165, 1.54) is 11.3 Å². The number of aromatic hydroxyl groups is 1. The molecule has 3 aromatic rings. The summed E-state index contributed by atoms with van der Waals surface area (Å²) in [4.78, 5) is 16.4. The van der Waals surface area contributed by atoms with Gasteiger partial charge >= 0.3 is 5.63 Å². The summed E-state index contributed by atoms with van der Waals surface area (Å²) in [6, 6.07) is 7.23. The number of rotatable bonds is 2. The summed E-state index contributed by atoms with van der Waals surface area (Å²) in [7, 11) is 0. The van der Waals surface area contributed by atoms with E-state index in [0.29, 0.717) is 20.9 Å². The molecule has 7 heteroatoms. The molecule has 0 aliphatic rings. The lowest BCUT2D eigenvalue weighted by atomic mass is 10.2. The fourth-order valence-electron chi connectivity index (χ4n) is 1.95. The first-order valence-corrected chi connectivity index (χ1v) is 8.26. The van der Waals surface area contributed by atoms with Crippen LogP contribution in [0.3, 0.4) is 0 Å². The fourth-order valence-corrected chi connectivity index (χ4v) is 3.17. The van der Waals surface area contributed by atoms with Gasteiger partial charge in [0.1, 0.15) is 22.1 Å². The van der Waals surface area contributed by atoms with Crippen LogP contribution in [-0.4, -0.2) is 10.1 Å². The summed E-state index contributed by atoms with van der Waals surface area (Å²) in [6.45, 7) is 1.59. The smallest absolute Gasteiger partial charge is 0.349 e. The first-order chi connectivity index (χ1) is 10.5. The molecular formula is C15H9BrClNO3S. The Balaban J connectivity index is 2.10. The lowest BCUT2D eigenvalue weighted by Crippen LogP contribution is -2.05. The van der Waals surface area contributed by atoms with Crippen LogP contribution in [0.5, 0.6) is 5.75 Å². The van der Waals surface area contributed by atoms with Gasteiger partial charge in [0.15, 0.2) is 0 Å². The van der Waals surface area contributed by atoms with E-state index in [1.807, 2.05) is 12.1 Å². The van der Waals surface area contributed by atoms with Gasteiger partial charge in [-0.25, -0.2) is 9.78 Å². The van der Waals surface area contributed by atoms with E-state index in [-0.39, 0.29) is 11.3 Å². The van der Waals surface area contributed by atoms with Gasteiger partial charge in [-0.15, -0.1) is 11.3 Å². The van der Waals surface area contributed by atoms with Gasteiger partial charge in [-0.1, -0.05) is 23.7 Å². The van der Waals surface area contributed by atoms with Crippen LogP contribution < -0.4 is 5.63 Å². The van der Waals surface area contributed by atoms with Gasteiger partial charge in [0.2, 0.25) is 0 Å². The van der Waals surface area contributed by atoms with E-state index in [9.17, 15) is 9.90 Å². The largest absolute Gasteiger partial charge is 0.506 e. The van der Waals surface area contributed by atoms with Gasteiger partial charge in [0.05, 0.1) is 10.2 Å². The van der Waals surface area contributed by atoms with Crippen molar-refractivity contribution in [1.82, 2.24) is 4.98 Å². The van der Waals surface area contributed by atoms with Crippen LogP contribution >= 0.6 is 38.9 Å². The molecule has 0 fully saturated rings. The fraction of sp³-hybridized carbons (Fsp3) is 0.0667. The Hall–Kier alpha value is -1.63. The highest BCUT2D eigenvalue weighted by molar-refractivity contribution is 9.10. The van der Waals surface area contributed by atoms with E-state index in [4.69, 9.17) is 16.0 Å². The molecule has 2 aromatic heterocycles. The van der Waals surface area contributed by atoms with Crippen molar-refractivity contribution in [2.75, 3.05) is 0 Å². The van der Waals surface area contributed by atoms with Crippen LogP contribution in [0.4, 0.5) is 0 Å². The molecule has 1 N–H and O–H groups in total. The van der Waals surface area contributed by atoms with Crippen molar-refractivity contribution < 1.29 is 9.52 Å². The third-order valence-electron chi connectivity index (χ3n) is 3.06. The number of hydrogen-bond acceptors (Lipinski definition) is 5. The molecule has 0 spiro atoms. The lowest BCUT2D eigenvalue weighted by Gasteiger charge is -2.04. The molecule has 0 bridgehead atoms. The van der Waals surface area contributed by atoms with E-state index in [1.54, 1.807) is 24.4 Å². The second kappa shape index (κ2) is 5.87. The summed E-state index contributed by atoms with van der Waals surface area (Å²) in [5.74, 6) is 0.154. The first kappa shape index (κ1) is 15.3. The third kappa shape index (κ3) is 2.69. The number of aryl methyl sites for hydroxylation is 1. The van der Waals surface area contributed by atoms with Crippen molar-refractivity contribution in [3.05, 3.63) is 55.3 Å². The van der Waals surface area contributed by atoms with Crippen LogP contribution in [0.2, 0.25) is 5.02 Å². The molecule has 3 rings (SSSR count). The number of halogens is 2. The topological polar surface area (TPSA) is 63.3 Å². The van der Waals surface area contributed by atoms with Gasteiger partial charge in [-0.2, -0.15) is 0 Å². The quantitative estimate of drug-likeness (QED) is 0.669. The lowest BCUT2D eigenvalue weighted by molar-refractivity contribution is 0.432. The Kier molecular flexibility index (Phi) is 4.08. The highest BCUT2D eigenvalue weighted by Crippen LogP contribution is 2.36. The Morgan fingerprint density at radius 3 is 2.68 bits per heavy atom. The van der Waals surface area contributed by atoms with E-state index >= 15 is 0 Å². The minimum atomic E-state index is -0.619. The second-order valence-electron chi connectivity index (χ2n) is 4.53. The zero-order chi connectivity index (χ0) is 15.9. The van der Waals surface area contributed by atoms with E-state index in [0.717, 1.165) is 10.6 Å². The minimum Gasteiger partial charge on any atom is -0.506 e. The summed E-state index contributed by atoms with van der Waals surface area (Å²) in [6.07, 6.45) is 0. The molecule has 0 aliphatic heterocycles. The molecule has 0 aliphatic carbocycles. The van der Waals surface area contributed by atoms with E-state index < -0.39 is 5.63 Å². The van der Waals surface area contributed by atoms with Crippen molar-refractivity contribution in [3.8, 4) is 27.6 Å². The summed E-state index contributed by atoms with van der Waals surface area (Å²) < 4.78 is 5.44. The average Bonchev–Trinajstić information content (AvgIpc) is 2.95. The van der Waals surface area contributed by atoms with Crippen LogP contribution in [0.25, 0.3) is 21.8 Å². The molecule has 22 heavy (non-hydrogen) atoms. The highest BCUT2D eigenvalue weighted by atomic mass is 79.9. The summed E-state index contributed by atoms with van der Waals surface area (Å²) >= 11 is 10.4. The minimum absolute atomic E-state index is 0.0499. The predicted octanol–water partition coefficient (Wildman–Crippen LogP) is 4.86. The van der Waals surface area contributed by atoms with Crippen molar-refractivity contribution in [1.29, 1.82) is 0 Å². The van der Waals surface area contributed by atoms with Crippen molar-refractivity contribution in [2.45, 2.75) is 6.92 Å². The number of aromatic nitrogens is 1. The maximum Gasteiger partial charge on any atom is 0.349 e. The van der Waals surface area contributed by atoms with Crippen LogP contribution in [-0.2, 0) is 0 Å². The van der Waals surface area contributed by atoms with Crippen molar-refractivity contribution in [3.63, 3.8) is 0 Å². The van der Waals surface area contributed by atoms with Gasteiger partial charge < -0.3 is 9.52 Å². The molecule has 0 radical (unpaired) electrons. The van der Waals surface area contributed by atoms with Gasteiger partial charge in [0.25, 0.3) is 0 Å². The van der Waals surface area contributed by atoms with Crippen molar-refractivity contribution in [2.24, 2.45) is 0 Å². The zero-order valence-electron chi connectivity index (χ0n) is 11.3. The molecule has 0 unspecified atom stereocenters. The molecule has 0 saturated carbocycles. The maximum absolute atomic E-state index is 12.0. The molecule has 0 amide bonds. The number of hydrogen-bond donors (Lipinski definition) is 1. The van der Waals surface area contributed by atoms with Gasteiger partial charge in [-0.3, -0.25) is 0 Å². The molecule has 4 nitrogen and oxygen atoms in total. The molecule has 0 atom stereocenters. The maximum atomic E-state index is 12.0. The Bertz CT molecular complexity index is 902. The van der Waals surface area contributed by atoms with Crippen molar-refractivity contribution >= 4 is 38.9 Å². The predicted molar refractivity (Wildman–Crippen MR) is 90.6 cm³/mol.